The number of carbonyl (C=O) groups excluding carboxylic acids is 1. The largest absolute Gasteiger partial charge is 0.380 e. The van der Waals surface area contributed by atoms with Gasteiger partial charge in [0.25, 0.3) is 5.91 Å². The van der Waals surface area contributed by atoms with E-state index >= 15 is 0 Å². The van der Waals surface area contributed by atoms with E-state index in [0.717, 1.165) is 15.1 Å². The second-order valence-corrected chi connectivity index (χ2v) is 8.12. The summed E-state index contributed by atoms with van der Waals surface area (Å²) in [6.45, 7) is 3.89. The Kier molecular flexibility index (Phi) is 5.81. The van der Waals surface area contributed by atoms with Gasteiger partial charge in [-0.05, 0) is 35.9 Å². The topological polar surface area (TPSA) is 43.6 Å². The summed E-state index contributed by atoms with van der Waals surface area (Å²) in [5, 5.41) is 4.35. The van der Waals surface area contributed by atoms with E-state index in [2.05, 4.69) is 33.8 Å². The van der Waals surface area contributed by atoms with Crippen molar-refractivity contribution in [1.82, 2.24) is 4.57 Å². The van der Waals surface area contributed by atoms with Crippen LogP contribution in [0.3, 0.4) is 0 Å². The summed E-state index contributed by atoms with van der Waals surface area (Å²) in [5.41, 5.74) is 1.08. The van der Waals surface area contributed by atoms with Crippen molar-refractivity contribution >= 4 is 55.6 Å². The van der Waals surface area contributed by atoms with Gasteiger partial charge in [-0.2, -0.15) is 4.99 Å². The number of aromatic nitrogens is 1. The molecule has 2 aromatic carbocycles. The van der Waals surface area contributed by atoms with Crippen molar-refractivity contribution in [1.29, 1.82) is 0 Å². The Labute approximate surface area is 171 Å². The van der Waals surface area contributed by atoms with Crippen LogP contribution in [-0.2, 0) is 16.1 Å². The summed E-state index contributed by atoms with van der Waals surface area (Å²) in [7, 11) is 0. The number of hydrogen-bond donors (Lipinski definition) is 0. The van der Waals surface area contributed by atoms with Crippen molar-refractivity contribution in [3.8, 4) is 0 Å². The van der Waals surface area contributed by atoms with E-state index < -0.39 is 0 Å². The van der Waals surface area contributed by atoms with E-state index in [0.29, 0.717) is 24.6 Å². The molecule has 4 nitrogen and oxygen atoms in total. The number of amides is 1. The van der Waals surface area contributed by atoms with Crippen molar-refractivity contribution < 1.29 is 9.53 Å². The number of thiazole rings is 1. The Hall–Kier alpha value is -2.54. The summed E-state index contributed by atoms with van der Waals surface area (Å²) in [5.74, 6) is -0.255. The monoisotopic (exact) mass is 408 g/mol. The maximum Gasteiger partial charge on any atom is 0.272 e. The molecule has 4 aromatic rings. The van der Waals surface area contributed by atoms with Crippen LogP contribution in [0.25, 0.3) is 27.1 Å². The normalized spacial score (nSPS) is 12.5. The highest BCUT2D eigenvalue weighted by Crippen LogP contribution is 2.27. The first-order valence-electron chi connectivity index (χ1n) is 9.15. The molecule has 28 heavy (non-hydrogen) atoms. The zero-order chi connectivity index (χ0) is 19.3. The molecule has 4 rings (SSSR count). The van der Waals surface area contributed by atoms with Crippen LogP contribution in [0.5, 0.6) is 0 Å². The average molecular weight is 409 g/mol. The van der Waals surface area contributed by atoms with Gasteiger partial charge in [-0.3, -0.25) is 4.79 Å². The smallest absolute Gasteiger partial charge is 0.272 e. The Morgan fingerprint density at radius 1 is 1.18 bits per heavy atom. The lowest BCUT2D eigenvalue weighted by Crippen LogP contribution is -2.19. The minimum Gasteiger partial charge on any atom is -0.380 e. The number of ether oxygens (including phenoxy) is 1. The fourth-order valence-corrected chi connectivity index (χ4v) is 4.89. The molecular formula is C22H20N2O2S2. The second kappa shape index (κ2) is 8.65. The fourth-order valence-electron chi connectivity index (χ4n) is 3.07. The molecule has 0 atom stereocenters. The minimum atomic E-state index is -0.255. The van der Waals surface area contributed by atoms with Crippen LogP contribution in [-0.4, -0.2) is 23.7 Å². The molecule has 2 aromatic heterocycles. The number of thiophene rings is 1. The maximum atomic E-state index is 12.4. The third kappa shape index (κ3) is 3.99. The SMILES string of the molecule is CCOCCn1c(=NC(=O)/C=C/c2cccs2)sc2c3ccccc3ccc21. The molecule has 2 heterocycles. The first-order chi connectivity index (χ1) is 13.8. The molecule has 0 saturated carbocycles. The molecule has 0 aliphatic heterocycles. The van der Waals surface area contributed by atoms with Crippen molar-refractivity contribution in [3.05, 3.63) is 69.7 Å². The van der Waals surface area contributed by atoms with Crippen LogP contribution < -0.4 is 4.80 Å². The van der Waals surface area contributed by atoms with E-state index in [1.165, 1.54) is 16.8 Å². The molecule has 0 bridgehead atoms. The average Bonchev–Trinajstić information content (AvgIpc) is 3.35. The van der Waals surface area contributed by atoms with Crippen LogP contribution in [0, 0.1) is 0 Å². The summed E-state index contributed by atoms with van der Waals surface area (Å²) in [6.07, 6.45) is 3.34. The molecule has 6 heteroatoms. The van der Waals surface area contributed by atoms with E-state index in [1.807, 2.05) is 42.6 Å². The highest BCUT2D eigenvalue weighted by molar-refractivity contribution is 7.17. The number of carbonyl (C=O) groups is 1. The molecule has 0 saturated heterocycles. The lowest BCUT2D eigenvalue weighted by atomic mass is 10.1. The van der Waals surface area contributed by atoms with Gasteiger partial charge in [-0.15, -0.1) is 11.3 Å². The summed E-state index contributed by atoms with van der Waals surface area (Å²) in [6, 6.07) is 16.4. The maximum absolute atomic E-state index is 12.4. The zero-order valence-electron chi connectivity index (χ0n) is 15.5. The predicted octanol–water partition coefficient (Wildman–Crippen LogP) is 5.09. The van der Waals surface area contributed by atoms with Crippen LogP contribution in [0.15, 0.2) is 65.0 Å². The van der Waals surface area contributed by atoms with Crippen LogP contribution in [0.1, 0.15) is 11.8 Å². The van der Waals surface area contributed by atoms with Crippen LogP contribution in [0.2, 0.25) is 0 Å². The van der Waals surface area contributed by atoms with Gasteiger partial charge < -0.3 is 9.30 Å². The van der Waals surface area contributed by atoms with Gasteiger partial charge in [-0.1, -0.05) is 47.7 Å². The van der Waals surface area contributed by atoms with Crippen LogP contribution >= 0.6 is 22.7 Å². The van der Waals surface area contributed by atoms with Gasteiger partial charge in [0.2, 0.25) is 0 Å². The first kappa shape index (κ1) is 18.8. The van der Waals surface area contributed by atoms with E-state index in [4.69, 9.17) is 4.74 Å². The molecule has 142 valence electrons. The minimum absolute atomic E-state index is 0.255. The number of benzene rings is 2. The number of rotatable bonds is 6. The third-order valence-electron chi connectivity index (χ3n) is 4.38. The molecular weight excluding hydrogens is 388 g/mol. The van der Waals surface area contributed by atoms with Gasteiger partial charge in [0.15, 0.2) is 4.80 Å². The highest BCUT2D eigenvalue weighted by Gasteiger charge is 2.10. The number of nitrogens with zero attached hydrogens (tertiary/aromatic N) is 2. The van der Waals surface area contributed by atoms with Crippen molar-refractivity contribution in [2.24, 2.45) is 4.99 Å². The highest BCUT2D eigenvalue weighted by atomic mass is 32.1. The summed E-state index contributed by atoms with van der Waals surface area (Å²) in [4.78, 5) is 18.6. The molecule has 0 radical (unpaired) electrons. The summed E-state index contributed by atoms with van der Waals surface area (Å²) >= 11 is 3.15. The summed E-state index contributed by atoms with van der Waals surface area (Å²) < 4.78 is 8.77. The molecule has 0 spiro atoms. The predicted molar refractivity (Wildman–Crippen MR) is 118 cm³/mol. The Balaban J connectivity index is 1.79. The van der Waals surface area contributed by atoms with Crippen molar-refractivity contribution in [2.75, 3.05) is 13.2 Å². The van der Waals surface area contributed by atoms with Gasteiger partial charge in [0.05, 0.1) is 16.8 Å². The van der Waals surface area contributed by atoms with Crippen molar-refractivity contribution in [3.63, 3.8) is 0 Å². The molecule has 1 amide bonds. The lowest BCUT2D eigenvalue weighted by Gasteiger charge is -2.06. The van der Waals surface area contributed by atoms with Gasteiger partial charge in [-0.25, -0.2) is 0 Å². The Bertz CT molecular complexity index is 1200. The Morgan fingerprint density at radius 2 is 2.07 bits per heavy atom. The van der Waals surface area contributed by atoms with E-state index in [-0.39, 0.29) is 5.91 Å². The van der Waals surface area contributed by atoms with E-state index in [9.17, 15) is 4.79 Å². The third-order valence-corrected chi connectivity index (χ3v) is 6.34. The van der Waals surface area contributed by atoms with Gasteiger partial charge in [0, 0.05) is 29.5 Å². The Morgan fingerprint density at radius 3 is 2.89 bits per heavy atom. The molecule has 0 N–H and O–H groups in total. The van der Waals surface area contributed by atoms with Gasteiger partial charge >= 0.3 is 0 Å². The zero-order valence-corrected chi connectivity index (χ0v) is 17.1. The van der Waals surface area contributed by atoms with E-state index in [1.54, 1.807) is 22.7 Å². The molecule has 0 unspecified atom stereocenters. The second-order valence-electron chi connectivity index (χ2n) is 6.17. The first-order valence-corrected chi connectivity index (χ1v) is 10.8. The molecule has 0 aliphatic rings. The number of hydrogen-bond acceptors (Lipinski definition) is 4. The van der Waals surface area contributed by atoms with Gasteiger partial charge in [0.1, 0.15) is 0 Å². The lowest BCUT2D eigenvalue weighted by molar-refractivity contribution is -0.113. The quantitative estimate of drug-likeness (QED) is 0.329. The molecule has 0 aliphatic carbocycles. The number of fused-ring (bicyclic) bond motifs is 3. The van der Waals surface area contributed by atoms with Crippen molar-refractivity contribution in [2.45, 2.75) is 13.5 Å². The standard InChI is InChI=1S/C22H20N2O2S2/c1-2-26-14-13-24-19-11-9-16-6-3-4-8-18(16)21(19)28-22(24)23-20(25)12-10-17-7-5-15-27-17/h3-12,15H,2,13-14H2,1H3/b12-10+,23-22?. The van der Waals surface area contributed by atoms with Crippen LogP contribution in [0.4, 0.5) is 0 Å². The fraction of sp³-hybridized carbons (Fsp3) is 0.182. The molecule has 0 fully saturated rings.